The molecule has 5 nitrogen and oxygen atoms in total. The zero-order chi connectivity index (χ0) is 23.9. The summed E-state index contributed by atoms with van der Waals surface area (Å²) in [6, 6.07) is 23.7. The van der Waals surface area contributed by atoms with Crippen LogP contribution < -0.4 is 10.1 Å². The zero-order valence-electron chi connectivity index (χ0n) is 20.7. The highest BCUT2D eigenvalue weighted by atomic mass is 16.5. The van der Waals surface area contributed by atoms with E-state index in [2.05, 4.69) is 71.7 Å². The fraction of sp³-hybridized carbons (Fsp3) is 0.414. The molecule has 0 radical (unpaired) electrons. The van der Waals surface area contributed by atoms with Gasteiger partial charge in [0.25, 0.3) is 0 Å². The molecule has 1 fully saturated rings. The molecule has 0 spiro atoms. The summed E-state index contributed by atoms with van der Waals surface area (Å²) >= 11 is 0. The molecule has 2 atom stereocenters. The second-order valence-corrected chi connectivity index (χ2v) is 9.66. The lowest BCUT2D eigenvalue weighted by atomic mass is 9.87. The molecular formula is C29H37N3O2. The first-order valence-corrected chi connectivity index (χ1v) is 12.3. The second kappa shape index (κ2) is 11.5. The second-order valence-electron chi connectivity index (χ2n) is 9.66. The molecule has 1 saturated heterocycles. The van der Waals surface area contributed by atoms with Crippen molar-refractivity contribution < 1.29 is 9.53 Å². The van der Waals surface area contributed by atoms with E-state index >= 15 is 0 Å². The number of benzene rings is 3. The predicted molar refractivity (Wildman–Crippen MR) is 139 cm³/mol. The fourth-order valence-electron chi connectivity index (χ4n) is 5.15. The number of hydrogen-bond acceptors (Lipinski definition) is 4. The largest absolute Gasteiger partial charge is 0.497 e. The normalized spacial score (nSPS) is 18.8. The monoisotopic (exact) mass is 459 g/mol. The lowest BCUT2D eigenvalue weighted by Crippen LogP contribution is -2.48. The summed E-state index contributed by atoms with van der Waals surface area (Å²) in [5.74, 6) is 1.44. The number of carbonyl (C=O) groups excluding carboxylic acids is 1. The Morgan fingerprint density at radius 1 is 1.03 bits per heavy atom. The van der Waals surface area contributed by atoms with Crippen LogP contribution in [0.1, 0.15) is 30.4 Å². The third-order valence-corrected chi connectivity index (χ3v) is 7.05. The van der Waals surface area contributed by atoms with Gasteiger partial charge >= 0.3 is 0 Å². The Labute approximate surface area is 203 Å². The molecule has 3 aromatic rings. The molecule has 1 amide bonds. The van der Waals surface area contributed by atoms with Gasteiger partial charge in [0.1, 0.15) is 5.75 Å². The lowest BCUT2D eigenvalue weighted by molar-refractivity contribution is -0.121. The van der Waals surface area contributed by atoms with Gasteiger partial charge in [0.2, 0.25) is 5.91 Å². The van der Waals surface area contributed by atoms with Crippen LogP contribution in [0.2, 0.25) is 0 Å². The Kier molecular flexibility index (Phi) is 8.20. The first-order valence-electron chi connectivity index (χ1n) is 12.3. The van der Waals surface area contributed by atoms with E-state index in [0.717, 1.165) is 43.8 Å². The van der Waals surface area contributed by atoms with Crippen molar-refractivity contribution in [1.82, 2.24) is 15.1 Å². The standard InChI is InChI=1S/C29H37N3O2/c1-31(2)28-16-17-32(20-23-8-11-24-6-4-5-7-25(24)18-23)21-26(28)12-15-29(33)30-19-22-9-13-27(34-3)14-10-22/h4-11,13-14,18,26,28H,12,15-17,19-21H2,1-3H3,(H,30,33)/t26-,28+/m0/s1. The molecule has 1 aliphatic heterocycles. The molecule has 5 heteroatoms. The summed E-state index contributed by atoms with van der Waals surface area (Å²) in [6.07, 6.45) is 2.61. The van der Waals surface area contributed by atoms with Crippen molar-refractivity contribution in [2.45, 2.75) is 38.4 Å². The molecule has 34 heavy (non-hydrogen) atoms. The molecule has 180 valence electrons. The van der Waals surface area contributed by atoms with Crippen LogP contribution in [0.5, 0.6) is 5.75 Å². The zero-order valence-corrected chi connectivity index (χ0v) is 20.7. The molecule has 0 bridgehead atoms. The highest BCUT2D eigenvalue weighted by Crippen LogP contribution is 2.27. The molecule has 1 heterocycles. The topological polar surface area (TPSA) is 44.8 Å². The summed E-state index contributed by atoms with van der Waals surface area (Å²) in [5.41, 5.74) is 2.44. The van der Waals surface area contributed by atoms with Gasteiger partial charge in [-0.25, -0.2) is 0 Å². The van der Waals surface area contributed by atoms with E-state index in [0.29, 0.717) is 24.9 Å². The number of fused-ring (bicyclic) bond motifs is 1. The minimum Gasteiger partial charge on any atom is -0.497 e. The lowest BCUT2D eigenvalue weighted by Gasteiger charge is -2.41. The molecule has 3 aromatic carbocycles. The van der Waals surface area contributed by atoms with Gasteiger partial charge in [-0.3, -0.25) is 9.69 Å². The molecule has 0 unspecified atom stereocenters. The quantitative estimate of drug-likeness (QED) is 0.504. The number of nitrogens with zero attached hydrogens (tertiary/aromatic N) is 2. The van der Waals surface area contributed by atoms with Crippen molar-refractivity contribution >= 4 is 16.7 Å². The van der Waals surface area contributed by atoms with Crippen LogP contribution in [0.3, 0.4) is 0 Å². The highest BCUT2D eigenvalue weighted by Gasteiger charge is 2.30. The van der Waals surface area contributed by atoms with E-state index in [1.54, 1.807) is 7.11 Å². The van der Waals surface area contributed by atoms with Gasteiger partial charge in [-0.2, -0.15) is 0 Å². The smallest absolute Gasteiger partial charge is 0.220 e. The minimum atomic E-state index is 0.125. The van der Waals surface area contributed by atoms with Crippen molar-refractivity contribution in [3.63, 3.8) is 0 Å². The predicted octanol–water partition coefficient (Wildman–Crippen LogP) is 4.70. The molecule has 1 N–H and O–H groups in total. The maximum Gasteiger partial charge on any atom is 0.220 e. The van der Waals surface area contributed by atoms with Crippen LogP contribution in [0.25, 0.3) is 10.8 Å². The van der Waals surface area contributed by atoms with E-state index in [9.17, 15) is 4.79 Å². The van der Waals surface area contributed by atoms with Crippen LogP contribution >= 0.6 is 0 Å². The van der Waals surface area contributed by atoms with E-state index in [4.69, 9.17) is 4.74 Å². The number of carbonyl (C=O) groups is 1. The van der Waals surface area contributed by atoms with Crippen LogP contribution in [0.4, 0.5) is 0 Å². The molecule has 1 aliphatic rings. The number of likely N-dealkylation sites (tertiary alicyclic amines) is 1. The molecule has 0 saturated carbocycles. The van der Waals surface area contributed by atoms with Crippen LogP contribution in [-0.4, -0.2) is 56.0 Å². The Hall–Kier alpha value is -2.89. The number of hydrogen-bond donors (Lipinski definition) is 1. The van der Waals surface area contributed by atoms with Crippen LogP contribution in [-0.2, 0) is 17.9 Å². The molecular weight excluding hydrogens is 422 g/mol. The van der Waals surface area contributed by atoms with Gasteiger partial charge in [0, 0.05) is 32.1 Å². The Bertz CT molecular complexity index is 1080. The molecule has 0 aromatic heterocycles. The number of amides is 1. The number of nitrogens with one attached hydrogen (secondary N) is 1. The highest BCUT2D eigenvalue weighted by molar-refractivity contribution is 5.83. The maximum atomic E-state index is 12.6. The number of methoxy groups -OCH3 is 1. The van der Waals surface area contributed by atoms with Crippen molar-refractivity contribution in [3.05, 3.63) is 77.9 Å². The van der Waals surface area contributed by atoms with E-state index in [1.165, 1.54) is 16.3 Å². The average molecular weight is 460 g/mol. The van der Waals surface area contributed by atoms with Crippen LogP contribution in [0, 0.1) is 5.92 Å². The first kappa shape index (κ1) is 24.2. The average Bonchev–Trinajstić information content (AvgIpc) is 2.86. The summed E-state index contributed by atoms with van der Waals surface area (Å²) < 4.78 is 5.20. The van der Waals surface area contributed by atoms with Crippen molar-refractivity contribution in [2.24, 2.45) is 5.92 Å². The Morgan fingerprint density at radius 3 is 2.50 bits per heavy atom. The van der Waals surface area contributed by atoms with Crippen molar-refractivity contribution in [3.8, 4) is 5.75 Å². The maximum absolute atomic E-state index is 12.6. The summed E-state index contributed by atoms with van der Waals surface area (Å²) in [5, 5.41) is 5.67. The Morgan fingerprint density at radius 2 is 1.76 bits per heavy atom. The van der Waals surface area contributed by atoms with E-state index in [-0.39, 0.29) is 5.91 Å². The van der Waals surface area contributed by atoms with Gasteiger partial charge in [0.05, 0.1) is 7.11 Å². The first-order chi connectivity index (χ1) is 16.5. The van der Waals surface area contributed by atoms with E-state index in [1.807, 2.05) is 24.3 Å². The van der Waals surface area contributed by atoms with Gasteiger partial charge in [-0.1, -0.05) is 48.5 Å². The van der Waals surface area contributed by atoms with Gasteiger partial charge < -0.3 is 15.0 Å². The number of piperidine rings is 1. The van der Waals surface area contributed by atoms with Gasteiger partial charge in [0.15, 0.2) is 0 Å². The summed E-state index contributed by atoms with van der Waals surface area (Å²) in [6.45, 7) is 3.64. The SMILES string of the molecule is COc1ccc(CNC(=O)CC[C@H]2CN(Cc3ccc4ccccc4c3)CC[C@H]2N(C)C)cc1. The number of rotatable bonds is 9. The fourth-order valence-corrected chi connectivity index (χ4v) is 5.15. The Balaban J connectivity index is 1.31. The van der Waals surface area contributed by atoms with Crippen molar-refractivity contribution in [1.29, 1.82) is 0 Å². The minimum absolute atomic E-state index is 0.125. The number of ether oxygens (including phenoxy) is 1. The van der Waals surface area contributed by atoms with E-state index < -0.39 is 0 Å². The molecule has 4 rings (SSSR count). The summed E-state index contributed by atoms with van der Waals surface area (Å²) in [4.78, 5) is 17.5. The van der Waals surface area contributed by atoms with Gasteiger partial charge in [-0.05, 0) is 79.5 Å². The van der Waals surface area contributed by atoms with Crippen LogP contribution in [0.15, 0.2) is 66.7 Å². The third kappa shape index (κ3) is 6.37. The van der Waals surface area contributed by atoms with Gasteiger partial charge in [-0.15, -0.1) is 0 Å². The molecule has 0 aliphatic carbocycles. The van der Waals surface area contributed by atoms with Crippen molar-refractivity contribution in [2.75, 3.05) is 34.3 Å². The third-order valence-electron chi connectivity index (χ3n) is 7.05. The summed E-state index contributed by atoms with van der Waals surface area (Å²) in [7, 11) is 5.99.